The second kappa shape index (κ2) is 21.1. The Bertz CT molecular complexity index is 762. The molecule has 0 saturated carbocycles. The van der Waals surface area contributed by atoms with E-state index >= 15 is 0 Å². The van der Waals surface area contributed by atoms with E-state index in [2.05, 4.69) is 97.4 Å². The van der Waals surface area contributed by atoms with Gasteiger partial charge in [0.1, 0.15) is 0 Å². The van der Waals surface area contributed by atoms with E-state index in [4.69, 9.17) is 0 Å². The number of piperidine rings is 4. The van der Waals surface area contributed by atoms with Gasteiger partial charge in [0, 0.05) is 23.7 Å². The summed E-state index contributed by atoms with van der Waals surface area (Å²) in [7, 11) is 9.69. The van der Waals surface area contributed by atoms with Crippen LogP contribution in [0.25, 0.3) is 0 Å². The highest BCUT2D eigenvalue weighted by atomic mass is 15.4. The van der Waals surface area contributed by atoms with Crippen LogP contribution < -0.4 is 0 Å². The van der Waals surface area contributed by atoms with Crippen LogP contribution in [0.1, 0.15) is 140 Å². The fourth-order valence-corrected chi connectivity index (χ4v) is 10.3. The summed E-state index contributed by atoms with van der Waals surface area (Å²) in [6, 6.07) is 0.890. The van der Waals surface area contributed by atoms with Gasteiger partial charge in [-0.05, 0) is 83.5 Å². The quantitative estimate of drug-likeness (QED) is 0.229. The largest absolute Gasteiger partial charge is 0.326 e. The fraction of sp³-hybridized carbons (Fsp3) is 1.00. The molecule has 0 aromatic carbocycles. The van der Waals surface area contributed by atoms with Gasteiger partial charge >= 0.3 is 0 Å². The molecule has 0 spiro atoms. The first-order valence-electron chi connectivity index (χ1n) is 20.8. The summed E-state index contributed by atoms with van der Waals surface area (Å²) in [6.45, 7) is 39.0. The van der Waals surface area contributed by atoms with E-state index in [1.807, 2.05) is 0 Å². The molecule has 4 fully saturated rings. The number of nitrogens with zero attached hydrogens (tertiary/aromatic N) is 4. The smallest absolute Gasteiger partial charge is 0.0859 e. The lowest BCUT2D eigenvalue weighted by Crippen LogP contribution is -2.56. The van der Waals surface area contributed by atoms with E-state index in [0.29, 0.717) is 0 Å². The summed E-state index contributed by atoms with van der Waals surface area (Å²) in [5.74, 6) is 4.69. The van der Waals surface area contributed by atoms with Crippen LogP contribution in [0.3, 0.4) is 0 Å². The van der Waals surface area contributed by atoms with Crippen molar-refractivity contribution in [2.24, 2.45) is 29.6 Å². The summed E-state index contributed by atoms with van der Waals surface area (Å²) in [5.41, 5.74) is 0. The number of likely N-dealkylation sites (tertiary alicyclic amines) is 4. The molecule has 46 heavy (non-hydrogen) atoms. The van der Waals surface area contributed by atoms with Crippen LogP contribution in [0.2, 0.25) is 0 Å². The van der Waals surface area contributed by atoms with Gasteiger partial charge in [-0.25, -0.2) is 0 Å². The third-order valence-corrected chi connectivity index (χ3v) is 12.9. The number of quaternary nitrogens is 4. The minimum atomic E-state index is 0.890. The average Bonchev–Trinajstić information content (AvgIpc) is 2.94. The Balaban J connectivity index is 0.000000307. The average molecular weight is 653 g/mol. The molecule has 0 amide bonds. The summed E-state index contributed by atoms with van der Waals surface area (Å²) in [6.07, 6.45) is 15.5. The molecule has 0 radical (unpaired) electrons. The lowest BCUT2D eigenvalue weighted by atomic mass is 9.87. The zero-order valence-electron chi connectivity index (χ0n) is 34.8. The van der Waals surface area contributed by atoms with Crippen molar-refractivity contribution in [2.45, 2.75) is 146 Å². The van der Waals surface area contributed by atoms with Gasteiger partial charge in [0.2, 0.25) is 0 Å². The molecule has 4 aliphatic rings. The van der Waals surface area contributed by atoms with Crippen molar-refractivity contribution < 1.29 is 17.9 Å². The first-order valence-corrected chi connectivity index (χ1v) is 20.8. The maximum atomic E-state index is 2.43. The predicted molar refractivity (Wildman–Crippen MR) is 207 cm³/mol. The summed E-state index contributed by atoms with van der Waals surface area (Å²) < 4.78 is 5.30. The molecule has 0 aromatic heterocycles. The molecule has 4 rings (SSSR count). The van der Waals surface area contributed by atoms with Crippen LogP contribution in [0.15, 0.2) is 0 Å². The summed E-state index contributed by atoms with van der Waals surface area (Å²) >= 11 is 0. The van der Waals surface area contributed by atoms with E-state index in [9.17, 15) is 0 Å². The molecule has 4 heterocycles. The molecular weight excluding hydrogens is 560 g/mol. The maximum Gasteiger partial charge on any atom is 0.0859 e. The molecule has 4 nitrogen and oxygen atoms in total. The van der Waals surface area contributed by atoms with Gasteiger partial charge in [-0.1, -0.05) is 62.3 Å². The number of hydrogen-bond donors (Lipinski definition) is 0. The summed E-state index contributed by atoms with van der Waals surface area (Å²) in [4.78, 5) is 0. The van der Waals surface area contributed by atoms with Gasteiger partial charge in [0.15, 0.2) is 0 Å². The van der Waals surface area contributed by atoms with E-state index in [-0.39, 0.29) is 0 Å². The van der Waals surface area contributed by atoms with Crippen LogP contribution in [-0.4, -0.2) is 124 Å². The lowest BCUT2D eigenvalue weighted by Gasteiger charge is -2.45. The first kappa shape index (κ1) is 43.9. The van der Waals surface area contributed by atoms with Crippen LogP contribution in [-0.2, 0) is 0 Å². The molecule has 8 unspecified atom stereocenters. The van der Waals surface area contributed by atoms with Crippen molar-refractivity contribution in [3.05, 3.63) is 0 Å². The molecule has 8 atom stereocenters. The zero-order chi connectivity index (χ0) is 35.0. The molecule has 0 bridgehead atoms. The van der Waals surface area contributed by atoms with E-state index in [1.54, 1.807) is 0 Å². The molecule has 4 aliphatic heterocycles. The van der Waals surface area contributed by atoms with E-state index in [1.165, 1.54) is 161 Å². The Kier molecular flexibility index (Phi) is 20.2. The Labute approximate surface area is 293 Å². The third kappa shape index (κ3) is 16.0. The molecule has 276 valence electrons. The van der Waals surface area contributed by atoms with Gasteiger partial charge < -0.3 is 17.9 Å². The topological polar surface area (TPSA) is 0 Å². The van der Waals surface area contributed by atoms with Crippen LogP contribution in [0, 0.1) is 29.6 Å². The minimum Gasteiger partial charge on any atom is -0.326 e. The normalized spacial score (nSPS) is 39.0. The van der Waals surface area contributed by atoms with Gasteiger partial charge in [0.05, 0.1) is 106 Å². The van der Waals surface area contributed by atoms with Gasteiger partial charge in [-0.15, -0.1) is 0 Å². The van der Waals surface area contributed by atoms with Crippen LogP contribution >= 0.6 is 0 Å². The SMILES string of the molecule is CCC[N+]1(C)CC(C)CC(C)C1.CCC[N+]1(C)CC(C)CCC1C.CCC[N+]1(C)CCC(C)C(C)C1.CCC[N+]1(C)CCCCC1. The third-order valence-electron chi connectivity index (χ3n) is 12.9. The van der Waals surface area contributed by atoms with Crippen molar-refractivity contribution in [3.8, 4) is 0 Å². The first-order chi connectivity index (χ1) is 21.5. The monoisotopic (exact) mass is 653 g/mol. The van der Waals surface area contributed by atoms with Crippen molar-refractivity contribution in [2.75, 3.05) is 100 Å². The number of hydrogen-bond acceptors (Lipinski definition) is 0. The Morgan fingerprint density at radius 1 is 0.435 bits per heavy atom. The standard InChI is InChI=1S/3C11H24N.C9H20N/c1-5-8-12(4)9-10(2)6-7-11(12)3;1-5-7-12(4)8-6-10(2)11(3)9-12;1-5-6-12(4)8-10(2)7-11(3)9-12;1-3-7-10(2)8-5-4-6-9-10/h3*10-11H,5-9H2,1-4H3;3-9H2,1-2H3/q4*+1. The molecule has 4 heteroatoms. The van der Waals surface area contributed by atoms with Crippen molar-refractivity contribution in [3.63, 3.8) is 0 Å². The highest BCUT2D eigenvalue weighted by Gasteiger charge is 2.35. The van der Waals surface area contributed by atoms with Crippen molar-refractivity contribution in [1.82, 2.24) is 0 Å². The summed E-state index contributed by atoms with van der Waals surface area (Å²) in [5, 5.41) is 0. The second-order valence-electron chi connectivity index (χ2n) is 18.9. The Hall–Kier alpha value is -0.160. The number of rotatable bonds is 8. The van der Waals surface area contributed by atoms with Gasteiger partial charge in [0.25, 0.3) is 0 Å². The minimum absolute atomic E-state index is 0.890. The Morgan fingerprint density at radius 2 is 0.935 bits per heavy atom. The van der Waals surface area contributed by atoms with Crippen LogP contribution in [0.4, 0.5) is 0 Å². The fourth-order valence-electron chi connectivity index (χ4n) is 10.3. The van der Waals surface area contributed by atoms with E-state index in [0.717, 1.165) is 35.6 Å². The highest BCUT2D eigenvalue weighted by molar-refractivity contribution is 4.68. The van der Waals surface area contributed by atoms with Gasteiger partial charge in [-0.2, -0.15) is 0 Å². The van der Waals surface area contributed by atoms with Crippen molar-refractivity contribution >= 4 is 0 Å². The molecule has 0 aliphatic carbocycles. The molecule has 4 saturated heterocycles. The second-order valence-corrected chi connectivity index (χ2v) is 18.9. The molecular formula is C42H92N4+4. The lowest BCUT2D eigenvalue weighted by molar-refractivity contribution is -0.939. The van der Waals surface area contributed by atoms with Crippen molar-refractivity contribution in [1.29, 1.82) is 0 Å². The molecule has 0 aromatic rings. The predicted octanol–water partition coefficient (Wildman–Crippen LogP) is 9.73. The zero-order valence-corrected chi connectivity index (χ0v) is 34.8. The van der Waals surface area contributed by atoms with E-state index < -0.39 is 0 Å². The molecule has 0 N–H and O–H groups in total. The highest BCUT2D eigenvalue weighted by Crippen LogP contribution is 2.28. The van der Waals surface area contributed by atoms with Gasteiger partial charge in [-0.3, -0.25) is 0 Å². The maximum absolute atomic E-state index is 2.43. The Morgan fingerprint density at radius 3 is 1.43 bits per heavy atom. The van der Waals surface area contributed by atoms with Crippen LogP contribution in [0.5, 0.6) is 0 Å².